The molecule has 0 atom stereocenters. The molecule has 0 saturated heterocycles. The Morgan fingerprint density at radius 2 is 2.11 bits per heavy atom. The quantitative estimate of drug-likeness (QED) is 0.905. The first-order valence-corrected chi connectivity index (χ1v) is 7.29. The summed E-state index contributed by atoms with van der Waals surface area (Å²) in [6.07, 6.45) is -0.268. The molecule has 1 aliphatic heterocycles. The van der Waals surface area contributed by atoms with Gasteiger partial charge in [0.05, 0.1) is 23.7 Å². The van der Waals surface area contributed by atoms with Crippen LogP contribution in [-0.4, -0.2) is 27.6 Å². The molecule has 1 aromatic heterocycles. The molecule has 0 radical (unpaired) electrons. The number of carbonyl (C=O) groups excluding carboxylic acids is 1. The molecule has 1 N–H and O–H groups in total. The maximum absolute atomic E-state index is 12.0. The van der Waals surface area contributed by atoms with E-state index in [9.17, 15) is 4.79 Å². The van der Waals surface area contributed by atoms with E-state index in [0.29, 0.717) is 19.1 Å². The number of nitrogens with one attached hydrogen (secondary N) is 1. The van der Waals surface area contributed by atoms with Crippen LogP contribution >= 0.6 is 11.3 Å². The van der Waals surface area contributed by atoms with Crippen LogP contribution in [0.4, 0.5) is 9.93 Å². The van der Waals surface area contributed by atoms with Crippen LogP contribution in [0.3, 0.4) is 0 Å². The van der Waals surface area contributed by atoms with Gasteiger partial charge >= 0.3 is 6.09 Å². The summed E-state index contributed by atoms with van der Waals surface area (Å²) in [7, 11) is 0. The SMILES string of the molecule is CC(C)Nc1nc2c(s1)CN(C(=O)OC(C)(C)C)C2. The molecule has 5 nitrogen and oxygen atoms in total. The van der Waals surface area contributed by atoms with Crippen LogP contribution in [0.2, 0.25) is 0 Å². The van der Waals surface area contributed by atoms with Gasteiger partial charge in [0, 0.05) is 6.04 Å². The van der Waals surface area contributed by atoms with E-state index < -0.39 is 5.60 Å². The molecular weight excluding hydrogens is 262 g/mol. The van der Waals surface area contributed by atoms with Crippen molar-refractivity contribution in [3.63, 3.8) is 0 Å². The number of fused-ring (bicyclic) bond motifs is 1. The van der Waals surface area contributed by atoms with Crippen molar-refractivity contribution < 1.29 is 9.53 Å². The Bertz CT molecular complexity index is 453. The highest BCUT2D eigenvalue weighted by molar-refractivity contribution is 7.15. The molecule has 0 aliphatic carbocycles. The topological polar surface area (TPSA) is 54.5 Å². The van der Waals surface area contributed by atoms with Crippen molar-refractivity contribution >= 4 is 22.6 Å². The van der Waals surface area contributed by atoms with Gasteiger partial charge in [0.25, 0.3) is 0 Å². The van der Waals surface area contributed by atoms with Crippen molar-refractivity contribution in [2.45, 2.75) is 59.4 Å². The number of thiazole rings is 1. The van der Waals surface area contributed by atoms with E-state index in [2.05, 4.69) is 24.1 Å². The third-order valence-electron chi connectivity index (χ3n) is 2.52. The number of carbonyl (C=O) groups is 1. The first-order valence-electron chi connectivity index (χ1n) is 6.47. The van der Waals surface area contributed by atoms with E-state index in [1.54, 1.807) is 16.2 Å². The number of nitrogens with zero attached hydrogens (tertiary/aromatic N) is 2. The van der Waals surface area contributed by atoms with Crippen LogP contribution < -0.4 is 5.32 Å². The number of aromatic nitrogens is 1. The molecule has 0 bridgehead atoms. The molecule has 1 aromatic rings. The Morgan fingerprint density at radius 1 is 1.42 bits per heavy atom. The average Bonchev–Trinajstić information content (AvgIpc) is 2.70. The van der Waals surface area contributed by atoms with Crippen LogP contribution in [0.15, 0.2) is 0 Å². The molecule has 0 fully saturated rings. The number of ether oxygens (including phenoxy) is 1. The van der Waals surface area contributed by atoms with Crippen LogP contribution in [0.5, 0.6) is 0 Å². The summed E-state index contributed by atoms with van der Waals surface area (Å²) in [6, 6.07) is 0.369. The number of rotatable bonds is 2. The lowest BCUT2D eigenvalue weighted by atomic mass is 10.2. The molecular formula is C13H21N3O2S. The van der Waals surface area contributed by atoms with Gasteiger partial charge in [-0.1, -0.05) is 11.3 Å². The molecule has 0 unspecified atom stereocenters. The second-order valence-corrected chi connectivity index (χ2v) is 7.11. The summed E-state index contributed by atoms with van der Waals surface area (Å²) >= 11 is 1.62. The highest BCUT2D eigenvalue weighted by Crippen LogP contribution is 2.32. The van der Waals surface area contributed by atoms with E-state index in [1.807, 2.05) is 20.8 Å². The molecule has 1 amide bonds. The number of anilines is 1. The summed E-state index contributed by atoms with van der Waals surface area (Å²) in [5.41, 5.74) is 0.532. The largest absolute Gasteiger partial charge is 0.444 e. The minimum absolute atomic E-state index is 0.268. The minimum Gasteiger partial charge on any atom is -0.444 e. The van der Waals surface area contributed by atoms with Crippen molar-refractivity contribution in [2.24, 2.45) is 0 Å². The molecule has 0 aromatic carbocycles. The van der Waals surface area contributed by atoms with Crippen LogP contribution in [0.1, 0.15) is 45.2 Å². The lowest BCUT2D eigenvalue weighted by Crippen LogP contribution is -2.33. The van der Waals surface area contributed by atoms with Gasteiger partial charge < -0.3 is 10.1 Å². The standard InChI is InChI=1S/C13H21N3O2S/c1-8(2)14-11-15-9-6-16(7-10(9)19-11)12(17)18-13(3,4)5/h8H,6-7H2,1-5H3,(H,14,15). The third kappa shape index (κ3) is 3.59. The molecule has 2 rings (SSSR count). The van der Waals surface area contributed by atoms with Gasteiger partial charge in [-0.3, -0.25) is 4.90 Å². The minimum atomic E-state index is -0.453. The van der Waals surface area contributed by atoms with Crippen LogP contribution in [0.25, 0.3) is 0 Å². The third-order valence-corrected chi connectivity index (χ3v) is 3.53. The van der Waals surface area contributed by atoms with Crippen molar-refractivity contribution in [1.29, 1.82) is 0 Å². The monoisotopic (exact) mass is 283 g/mol. The molecule has 6 heteroatoms. The fourth-order valence-corrected chi connectivity index (χ4v) is 2.94. The molecule has 106 valence electrons. The Kier molecular flexibility index (Phi) is 3.71. The van der Waals surface area contributed by atoms with Crippen molar-refractivity contribution in [3.05, 3.63) is 10.6 Å². The molecule has 19 heavy (non-hydrogen) atoms. The Balaban J connectivity index is 1.98. The first-order chi connectivity index (χ1) is 8.74. The summed E-state index contributed by atoms with van der Waals surface area (Å²) in [6.45, 7) is 10.9. The van der Waals surface area contributed by atoms with Gasteiger partial charge in [-0.05, 0) is 34.6 Å². The molecule has 2 heterocycles. The fourth-order valence-electron chi connectivity index (χ4n) is 1.80. The van der Waals surface area contributed by atoms with Gasteiger partial charge in [0.2, 0.25) is 0 Å². The van der Waals surface area contributed by atoms with Crippen molar-refractivity contribution in [1.82, 2.24) is 9.88 Å². The molecule has 1 aliphatic rings. The second kappa shape index (κ2) is 5.00. The fraction of sp³-hybridized carbons (Fsp3) is 0.692. The lowest BCUT2D eigenvalue weighted by Gasteiger charge is -2.24. The highest BCUT2D eigenvalue weighted by atomic mass is 32.1. The second-order valence-electron chi connectivity index (χ2n) is 6.02. The summed E-state index contributed by atoms with van der Waals surface area (Å²) in [5, 5.41) is 4.22. The van der Waals surface area contributed by atoms with Gasteiger partial charge in [-0.15, -0.1) is 0 Å². The van der Waals surface area contributed by atoms with E-state index in [-0.39, 0.29) is 6.09 Å². The van der Waals surface area contributed by atoms with E-state index in [0.717, 1.165) is 15.7 Å². The Labute approximate surface area is 118 Å². The lowest BCUT2D eigenvalue weighted by molar-refractivity contribution is 0.0241. The van der Waals surface area contributed by atoms with Crippen LogP contribution in [-0.2, 0) is 17.8 Å². The normalized spacial score (nSPS) is 14.7. The highest BCUT2D eigenvalue weighted by Gasteiger charge is 2.30. The summed E-state index contributed by atoms with van der Waals surface area (Å²) in [5.74, 6) is 0. The maximum Gasteiger partial charge on any atom is 0.410 e. The first kappa shape index (κ1) is 14.1. The predicted molar refractivity (Wildman–Crippen MR) is 76.4 cm³/mol. The average molecular weight is 283 g/mol. The predicted octanol–water partition coefficient (Wildman–Crippen LogP) is 3.21. The van der Waals surface area contributed by atoms with Gasteiger partial charge in [-0.25, -0.2) is 9.78 Å². The van der Waals surface area contributed by atoms with E-state index in [1.165, 1.54) is 0 Å². The summed E-state index contributed by atoms with van der Waals surface area (Å²) in [4.78, 5) is 19.3. The van der Waals surface area contributed by atoms with E-state index in [4.69, 9.17) is 4.74 Å². The van der Waals surface area contributed by atoms with Crippen molar-refractivity contribution in [3.8, 4) is 0 Å². The summed E-state index contributed by atoms with van der Waals surface area (Å²) < 4.78 is 5.37. The van der Waals surface area contributed by atoms with E-state index >= 15 is 0 Å². The Hall–Kier alpha value is -1.30. The zero-order valence-corrected chi connectivity index (χ0v) is 12.9. The zero-order valence-electron chi connectivity index (χ0n) is 12.1. The van der Waals surface area contributed by atoms with Gasteiger partial charge in [-0.2, -0.15) is 0 Å². The smallest absolute Gasteiger partial charge is 0.410 e. The number of hydrogen-bond donors (Lipinski definition) is 1. The van der Waals surface area contributed by atoms with Gasteiger partial charge in [0.15, 0.2) is 5.13 Å². The van der Waals surface area contributed by atoms with Crippen LogP contribution in [0, 0.1) is 0 Å². The Morgan fingerprint density at radius 3 is 2.63 bits per heavy atom. The molecule has 0 spiro atoms. The van der Waals surface area contributed by atoms with Gasteiger partial charge in [0.1, 0.15) is 5.60 Å². The molecule has 0 saturated carbocycles. The number of amides is 1. The maximum atomic E-state index is 12.0. The van der Waals surface area contributed by atoms with Crippen molar-refractivity contribution in [2.75, 3.05) is 5.32 Å². The zero-order chi connectivity index (χ0) is 14.2. The number of hydrogen-bond acceptors (Lipinski definition) is 5.